The number of nitrogens with two attached hydrogens (primary N) is 1. The topological polar surface area (TPSA) is 55.1 Å². The Labute approximate surface area is 116 Å². The number of hydrogen-bond donors (Lipinski definition) is 2. The minimum atomic E-state index is -0.460. The third-order valence-electron chi connectivity index (χ3n) is 3.55. The molecule has 3 nitrogen and oxygen atoms in total. The minimum Gasteiger partial charge on any atom is -0.324 e. The Hall–Kier alpha value is -1.35. The summed E-state index contributed by atoms with van der Waals surface area (Å²) in [6.07, 6.45) is 0.898. The van der Waals surface area contributed by atoms with E-state index in [9.17, 15) is 4.79 Å². The van der Waals surface area contributed by atoms with Crippen molar-refractivity contribution in [2.45, 2.75) is 52.5 Å². The molecule has 1 aromatic rings. The van der Waals surface area contributed by atoms with E-state index in [1.165, 1.54) is 0 Å². The van der Waals surface area contributed by atoms with Gasteiger partial charge in [0.05, 0.1) is 6.04 Å². The molecule has 0 bridgehead atoms. The van der Waals surface area contributed by atoms with Gasteiger partial charge in [-0.3, -0.25) is 4.79 Å². The summed E-state index contributed by atoms with van der Waals surface area (Å²) in [5, 5.41) is 2.97. The Balaban J connectivity index is 2.92. The summed E-state index contributed by atoms with van der Waals surface area (Å²) in [6.45, 7) is 10.4. The first-order valence-electron chi connectivity index (χ1n) is 6.93. The SMILES string of the molecule is CC[C@H](C)[C@H](N)C(=O)Nc1ccccc1C(C)(C)C. The molecule has 0 aliphatic carbocycles. The van der Waals surface area contributed by atoms with E-state index < -0.39 is 6.04 Å². The first-order chi connectivity index (χ1) is 8.77. The Morgan fingerprint density at radius 3 is 2.42 bits per heavy atom. The summed E-state index contributed by atoms with van der Waals surface area (Å²) in [6, 6.07) is 7.44. The van der Waals surface area contributed by atoms with E-state index in [2.05, 4.69) is 26.1 Å². The fourth-order valence-corrected chi connectivity index (χ4v) is 1.97. The van der Waals surface area contributed by atoms with Crippen molar-refractivity contribution in [2.24, 2.45) is 11.7 Å². The molecule has 0 heterocycles. The second kappa shape index (κ2) is 6.20. The lowest BCUT2D eigenvalue weighted by atomic mass is 9.85. The third kappa shape index (κ3) is 4.06. The number of carbonyl (C=O) groups excluding carboxylic acids is 1. The zero-order chi connectivity index (χ0) is 14.6. The maximum Gasteiger partial charge on any atom is 0.241 e. The van der Waals surface area contributed by atoms with E-state index in [0.29, 0.717) is 0 Å². The van der Waals surface area contributed by atoms with Crippen molar-refractivity contribution in [3.8, 4) is 0 Å². The Bertz CT molecular complexity index is 435. The Morgan fingerprint density at radius 2 is 1.89 bits per heavy atom. The largest absolute Gasteiger partial charge is 0.324 e. The van der Waals surface area contributed by atoms with E-state index in [0.717, 1.165) is 17.7 Å². The van der Waals surface area contributed by atoms with Gasteiger partial charge in [0.2, 0.25) is 5.91 Å². The standard InChI is InChI=1S/C16H26N2O/c1-6-11(2)14(17)15(19)18-13-10-8-7-9-12(13)16(3,4)5/h7-11,14H,6,17H2,1-5H3,(H,18,19)/t11-,14-/m0/s1. The van der Waals surface area contributed by atoms with Crippen LogP contribution in [0.5, 0.6) is 0 Å². The molecule has 0 aliphatic heterocycles. The van der Waals surface area contributed by atoms with Gasteiger partial charge in [0, 0.05) is 5.69 Å². The predicted molar refractivity (Wildman–Crippen MR) is 81.2 cm³/mol. The van der Waals surface area contributed by atoms with Crippen LogP contribution < -0.4 is 11.1 Å². The molecule has 3 heteroatoms. The molecule has 0 saturated heterocycles. The summed E-state index contributed by atoms with van der Waals surface area (Å²) < 4.78 is 0. The highest BCUT2D eigenvalue weighted by molar-refractivity contribution is 5.95. The molecule has 1 rings (SSSR count). The summed E-state index contributed by atoms with van der Waals surface area (Å²) in [5.41, 5.74) is 7.94. The zero-order valence-electron chi connectivity index (χ0n) is 12.7. The van der Waals surface area contributed by atoms with Crippen molar-refractivity contribution in [3.63, 3.8) is 0 Å². The van der Waals surface area contributed by atoms with Gasteiger partial charge in [-0.25, -0.2) is 0 Å². The molecule has 3 N–H and O–H groups in total. The molecule has 0 aromatic heterocycles. The van der Waals surface area contributed by atoms with Crippen LogP contribution in [0.25, 0.3) is 0 Å². The average molecular weight is 262 g/mol. The molecule has 1 aromatic carbocycles. The van der Waals surface area contributed by atoms with Gasteiger partial charge in [-0.1, -0.05) is 59.2 Å². The molecule has 19 heavy (non-hydrogen) atoms. The van der Waals surface area contributed by atoms with Crippen LogP contribution >= 0.6 is 0 Å². The molecule has 2 atom stereocenters. The number of anilines is 1. The summed E-state index contributed by atoms with van der Waals surface area (Å²) in [4.78, 5) is 12.2. The minimum absolute atomic E-state index is 0.00958. The van der Waals surface area contributed by atoms with Gasteiger partial charge in [0.15, 0.2) is 0 Å². The van der Waals surface area contributed by atoms with Crippen LogP contribution in [0.2, 0.25) is 0 Å². The lowest BCUT2D eigenvalue weighted by Gasteiger charge is -2.24. The van der Waals surface area contributed by atoms with Crippen LogP contribution in [0, 0.1) is 5.92 Å². The van der Waals surface area contributed by atoms with Gasteiger partial charge in [0.25, 0.3) is 0 Å². The van der Waals surface area contributed by atoms with E-state index in [-0.39, 0.29) is 17.2 Å². The normalized spacial score (nSPS) is 14.8. The van der Waals surface area contributed by atoms with Crippen LogP contribution in [0.4, 0.5) is 5.69 Å². The maximum atomic E-state index is 12.2. The molecule has 106 valence electrons. The Morgan fingerprint density at radius 1 is 1.32 bits per heavy atom. The first-order valence-corrected chi connectivity index (χ1v) is 6.93. The number of hydrogen-bond acceptors (Lipinski definition) is 2. The molecular formula is C16H26N2O. The van der Waals surface area contributed by atoms with E-state index in [1.54, 1.807) is 0 Å². The molecule has 0 saturated carbocycles. The average Bonchev–Trinajstić information content (AvgIpc) is 2.36. The van der Waals surface area contributed by atoms with Crippen LogP contribution in [-0.2, 0) is 10.2 Å². The zero-order valence-corrected chi connectivity index (χ0v) is 12.7. The van der Waals surface area contributed by atoms with Gasteiger partial charge in [0.1, 0.15) is 0 Å². The number of carbonyl (C=O) groups is 1. The van der Waals surface area contributed by atoms with Crippen LogP contribution in [0.15, 0.2) is 24.3 Å². The van der Waals surface area contributed by atoms with Gasteiger partial charge in [-0.15, -0.1) is 0 Å². The monoisotopic (exact) mass is 262 g/mol. The number of para-hydroxylation sites is 1. The van der Waals surface area contributed by atoms with Crippen molar-refractivity contribution < 1.29 is 4.79 Å². The molecular weight excluding hydrogens is 236 g/mol. The molecule has 0 fully saturated rings. The molecule has 0 unspecified atom stereocenters. The summed E-state index contributed by atoms with van der Waals surface area (Å²) in [5.74, 6) is 0.0767. The highest BCUT2D eigenvalue weighted by Gasteiger charge is 2.22. The fraction of sp³-hybridized carbons (Fsp3) is 0.562. The number of amides is 1. The van der Waals surface area contributed by atoms with Gasteiger partial charge >= 0.3 is 0 Å². The van der Waals surface area contributed by atoms with Crippen molar-refractivity contribution in [1.82, 2.24) is 0 Å². The highest BCUT2D eigenvalue weighted by Crippen LogP contribution is 2.29. The summed E-state index contributed by atoms with van der Waals surface area (Å²) >= 11 is 0. The molecule has 0 radical (unpaired) electrons. The van der Waals surface area contributed by atoms with E-state index in [1.807, 2.05) is 38.1 Å². The Kier molecular flexibility index (Phi) is 5.12. The summed E-state index contributed by atoms with van der Waals surface area (Å²) in [7, 11) is 0. The molecule has 0 spiro atoms. The second-order valence-electron chi connectivity index (χ2n) is 6.20. The number of benzene rings is 1. The quantitative estimate of drug-likeness (QED) is 0.874. The smallest absolute Gasteiger partial charge is 0.241 e. The van der Waals surface area contributed by atoms with E-state index >= 15 is 0 Å². The van der Waals surface area contributed by atoms with Crippen molar-refractivity contribution in [2.75, 3.05) is 5.32 Å². The third-order valence-corrected chi connectivity index (χ3v) is 3.55. The highest BCUT2D eigenvalue weighted by atomic mass is 16.2. The molecule has 1 amide bonds. The second-order valence-corrected chi connectivity index (χ2v) is 6.20. The first kappa shape index (κ1) is 15.7. The van der Waals surface area contributed by atoms with E-state index in [4.69, 9.17) is 5.73 Å². The van der Waals surface area contributed by atoms with Crippen LogP contribution in [-0.4, -0.2) is 11.9 Å². The van der Waals surface area contributed by atoms with Crippen LogP contribution in [0.3, 0.4) is 0 Å². The van der Waals surface area contributed by atoms with Crippen molar-refractivity contribution in [1.29, 1.82) is 0 Å². The number of rotatable bonds is 4. The fourth-order valence-electron chi connectivity index (χ4n) is 1.97. The predicted octanol–water partition coefficient (Wildman–Crippen LogP) is 3.30. The van der Waals surface area contributed by atoms with Gasteiger partial charge < -0.3 is 11.1 Å². The van der Waals surface area contributed by atoms with Gasteiger partial charge in [-0.05, 0) is 23.0 Å². The van der Waals surface area contributed by atoms with Gasteiger partial charge in [-0.2, -0.15) is 0 Å². The molecule has 0 aliphatic rings. The van der Waals surface area contributed by atoms with Crippen molar-refractivity contribution >= 4 is 11.6 Å². The lowest BCUT2D eigenvalue weighted by molar-refractivity contribution is -0.118. The maximum absolute atomic E-state index is 12.2. The lowest BCUT2D eigenvalue weighted by Crippen LogP contribution is -2.41. The van der Waals surface area contributed by atoms with Crippen LogP contribution in [0.1, 0.15) is 46.6 Å². The van der Waals surface area contributed by atoms with Crippen molar-refractivity contribution in [3.05, 3.63) is 29.8 Å². The number of nitrogens with one attached hydrogen (secondary N) is 1.